The van der Waals surface area contributed by atoms with E-state index >= 15 is 0 Å². The molecule has 0 spiro atoms. The van der Waals surface area contributed by atoms with Crippen LogP contribution in [0.15, 0.2) is 109 Å². The molecule has 0 N–H and O–H groups in total. The zero-order valence-corrected chi connectivity index (χ0v) is 36.8. The molecule has 0 amide bonds. The fourth-order valence-corrected chi connectivity index (χ4v) is 11.1. The Kier molecular flexibility index (Phi) is 11.3. The first-order valence-corrected chi connectivity index (χ1v) is 26.7. The van der Waals surface area contributed by atoms with Crippen molar-refractivity contribution in [3.8, 4) is 22.5 Å². The number of halogens is 1. The maximum absolute atomic E-state index is 13.2. The zero-order chi connectivity index (χ0) is 41.5. The predicted molar refractivity (Wildman–Crippen MR) is 226 cm³/mol. The van der Waals surface area contributed by atoms with E-state index < -0.39 is 31.9 Å². The summed E-state index contributed by atoms with van der Waals surface area (Å²) in [5.74, 6) is 5.76. The molecule has 1 aliphatic carbocycles. The van der Waals surface area contributed by atoms with Gasteiger partial charge in [0.2, 0.25) is 0 Å². The molecule has 4 aromatic carbocycles. The van der Waals surface area contributed by atoms with Crippen molar-refractivity contribution < 1.29 is 31.3 Å². The quantitative estimate of drug-likeness (QED) is 0.112. The van der Waals surface area contributed by atoms with Crippen molar-refractivity contribution in [2.45, 2.75) is 81.9 Å². The number of rotatable bonds is 8. The Morgan fingerprint density at radius 3 is 2.39 bits per heavy atom. The Hall–Kier alpha value is -3.48. The first kappa shape index (κ1) is 33.8. The number of aromatic nitrogens is 2. The molecule has 3 aromatic heterocycles. The van der Waals surface area contributed by atoms with E-state index in [1.54, 1.807) is 23.6 Å². The minimum Gasteiger partial charge on any atom is 0 e. The van der Waals surface area contributed by atoms with Crippen molar-refractivity contribution in [3.05, 3.63) is 150 Å². The smallest absolute Gasteiger partial charge is 0 e. The molecule has 279 valence electrons. The summed E-state index contributed by atoms with van der Waals surface area (Å²) in [6.45, 7) is 3.83. The molecule has 0 unspecified atom stereocenters. The van der Waals surface area contributed by atoms with E-state index in [0.29, 0.717) is 22.4 Å². The van der Waals surface area contributed by atoms with E-state index in [4.69, 9.17) is 6.85 Å². The van der Waals surface area contributed by atoms with Crippen molar-refractivity contribution in [3.63, 3.8) is 0 Å². The van der Waals surface area contributed by atoms with Crippen LogP contribution in [0.5, 0.6) is 0 Å². The van der Waals surface area contributed by atoms with Crippen LogP contribution in [0.25, 0.3) is 42.7 Å². The minimum atomic E-state index is -2.37. The van der Waals surface area contributed by atoms with Crippen LogP contribution in [0.1, 0.15) is 81.0 Å². The molecule has 3 heterocycles. The van der Waals surface area contributed by atoms with Crippen molar-refractivity contribution in [2.75, 3.05) is 0 Å². The SMILES string of the molecule is [2H]C(C)(C)c1ccc2c(c1)sc1c(-c3cc(C([2H])([2H])C4CCCCC4)ccn3)[c-]ccc12.[2H]C([2H])(c1ccccc1)c1cc(-c2[c-]cc(F)cc2)nc[c]1[Ge]([CH3])([CH3])[CH3].[Ir]. The fraction of sp³-hybridized carbons (Fsp3) is 0.292. The monoisotopic (exact) mass is 976 g/mol. The summed E-state index contributed by atoms with van der Waals surface area (Å²) in [5.41, 5.74) is 5.96. The van der Waals surface area contributed by atoms with Crippen LogP contribution >= 0.6 is 11.3 Å². The van der Waals surface area contributed by atoms with Gasteiger partial charge in [0.25, 0.3) is 0 Å². The number of benzene rings is 4. The molecule has 0 saturated heterocycles. The molecule has 1 aliphatic rings. The van der Waals surface area contributed by atoms with Gasteiger partial charge in [-0.3, -0.25) is 0 Å². The molecule has 0 atom stereocenters. The molecule has 7 aromatic rings. The molecule has 6 heteroatoms. The summed E-state index contributed by atoms with van der Waals surface area (Å²) in [5, 5.41) is 2.34. The summed E-state index contributed by atoms with van der Waals surface area (Å²) in [6, 6.07) is 35.6. The van der Waals surface area contributed by atoms with Gasteiger partial charge in [0, 0.05) is 35.1 Å². The maximum atomic E-state index is 13.2. The van der Waals surface area contributed by atoms with Gasteiger partial charge in [0.05, 0.1) is 0 Å². The van der Waals surface area contributed by atoms with E-state index in [0.717, 1.165) is 67.2 Å². The molecular formula is C48H49FGeIrN2S-2. The Morgan fingerprint density at radius 2 is 1.67 bits per heavy atom. The summed E-state index contributed by atoms with van der Waals surface area (Å²) in [6.07, 6.45) is 5.94. The molecule has 1 fully saturated rings. The third-order valence-electron chi connectivity index (χ3n) is 9.82. The fourth-order valence-electron chi connectivity index (χ4n) is 6.93. The Morgan fingerprint density at radius 1 is 0.870 bits per heavy atom. The predicted octanol–water partition coefficient (Wildman–Crippen LogP) is 13.0. The summed E-state index contributed by atoms with van der Waals surface area (Å²) in [7, 11) is 0. The molecule has 1 saturated carbocycles. The second-order valence-electron chi connectivity index (χ2n) is 15.1. The van der Waals surface area contributed by atoms with Crippen molar-refractivity contribution in [1.29, 1.82) is 0 Å². The van der Waals surface area contributed by atoms with Gasteiger partial charge in [-0.2, -0.15) is 11.3 Å². The topological polar surface area (TPSA) is 25.8 Å². The molecule has 0 bridgehead atoms. The second kappa shape index (κ2) is 18.0. The number of nitrogens with zero attached hydrogens (tertiary/aromatic N) is 2. The number of pyridine rings is 2. The van der Waals surface area contributed by atoms with Crippen molar-refractivity contribution in [2.24, 2.45) is 5.92 Å². The van der Waals surface area contributed by atoms with E-state index in [1.807, 2.05) is 74.6 Å². The van der Waals surface area contributed by atoms with Gasteiger partial charge in [-0.05, 0) is 51.7 Å². The van der Waals surface area contributed by atoms with Gasteiger partial charge in [-0.15, -0.1) is 23.8 Å². The largest absolute Gasteiger partial charge is 0 e. The van der Waals surface area contributed by atoms with E-state index in [2.05, 4.69) is 63.6 Å². The Balaban J connectivity index is 0.000000199. The Bertz CT molecular complexity index is 2540. The molecule has 1 radical (unpaired) electrons. The molecule has 54 heavy (non-hydrogen) atoms. The van der Waals surface area contributed by atoms with Gasteiger partial charge in [-0.25, -0.2) is 0 Å². The summed E-state index contributed by atoms with van der Waals surface area (Å²) in [4.78, 5) is 9.16. The first-order chi connectivity index (χ1) is 27.4. The zero-order valence-electron chi connectivity index (χ0n) is 36.5. The van der Waals surface area contributed by atoms with Gasteiger partial charge in [0.15, 0.2) is 0 Å². The van der Waals surface area contributed by atoms with E-state index in [-0.39, 0.29) is 31.8 Å². The third-order valence-corrected chi connectivity index (χ3v) is 15.2. The molecule has 8 rings (SSSR count). The molecule has 2 nitrogen and oxygen atoms in total. The van der Waals surface area contributed by atoms with E-state index in [1.165, 1.54) is 23.9 Å². The number of hydrogen-bond donors (Lipinski definition) is 0. The molecule has 0 aliphatic heterocycles. The van der Waals surface area contributed by atoms with Crippen LogP contribution in [-0.2, 0) is 32.9 Å². The molecular weight excluding hydrogens is 920 g/mol. The van der Waals surface area contributed by atoms with Gasteiger partial charge >= 0.3 is 148 Å². The maximum Gasteiger partial charge on any atom is 0 e. The van der Waals surface area contributed by atoms with Gasteiger partial charge in [0.1, 0.15) is 0 Å². The van der Waals surface area contributed by atoms with Crippen LogP contribution in [-0.4, -0.2) is 23.2 Å². The van der Waals surface area contributed by atoms with Crippen LogP contribution in [0.3, 0.4) is 0 Å². The number of thiophene rings is 1. The number of fused-ring (bicyclic) bond motifs is 3. The first-order valence-electron chi connectivity index (χ1n) is 21.0. The third kappa shape index (κ3) is 9.66. The second-order valence-corrected chi connectivity index (χ2v) is 26.7. The Labute approximate surface area is 348 Å². The van der Waals surface area contributed by atoms with Crippen molar-refractivity contribution in [1.82, 2.24) is 9.97 Å². The standard InChI is InChI=1S/C27H28NS.C21H21FGeN.Ir/c1-18(2)21-11-12-22-23-9-6-10-24(27(23)29-26(22)17-21)25-16-20(13-14-28-25)15-19-7-4-3-5-8-19;1-23(2,3)20-15-24-21(17-9-11-19(22)12-10-17)14-18(20)13-16-7-5-4-6-8-16;/h6,9,11-14,16-19H,3-5,7-8,15H2,1-2H3;4-9,11-12,14-15H,13H2,1-3H3;/q2*-1;/i15D2,18D;13D2;. The van der Waals surface area contributed by atoms with Gasteiger partial charge in [-0.1, -0.05) is 75.1 Å². The normalized spacial score (nSPS) is 15.6. The average molecular weight is 975 g/mol. The van der Waals surface area contributed by atoms with Crippen LogP contribution < -0.4 is 4.40 Å². The van der Waals surface area contributed by atoms with Crippen LogP contribution in [0, 0.1) is 23.9 Å². The van der Waals surface area contributed by atoms with Gasteiger partial charge < -0.3 is 4.98 Å². The van der Waals surface area contributed by atoms with Crippen LogP contribution in [0.2, 0.25) is 17.3 Å². The number of hydrogen-bond acceptors (Lipinski definition) is 3. The summed E-state index contributed by atoms with van der Waals surface area (Å²) < 4.78 is 60.3. The summed E-state index contributed by atoms with van der Waals surface area (Å²) >= 11 is -0.665. The van der Waals surface area contributed by atoms with Crippen molar-refractivity contribution >= 4 is 49.2 Å². The average Bonchev–Trinajstić information content (AvgIpc) is 3.60. The van der Waals surface area contributed by atoms with E-state index in [9.17, 15) is 4.39 Å². The minimum absolute atomic E-state index is 0. The van der Waals surface area contributed by atoms with Crippen LogP contribution in [0.4, 0.5) is 4.39 Å².